The van der Waals surface area contributed by atoms with Crippen LogP contribution in [0.2, 0.25) is 0 Å². The van der Waals surface area contributed by atoms with Gasteiger partial charge >= 0.3 is 0 Å². The largest absolute Gasteiger partial charge is 0.103 e. The average molecular weight is 365 g/mol. The first-order chi connectivity index (χ1) is 12.8. The predicted octanol–water partition coefficient (Wildman–Crippen LogP) is 10.0. The van der Waals surface area contributed by atoms with E-state index in [1.165, 1.54) is 135 Å². The number of allylic oxidation sites excluding steroid dienone is 1. The lowest BCUT2D eigenvalue weighted by atomic mass is 9.96. The zero-order chi connectivity index (χ0) is 19.1. The fourth-order valence-electron chi connectivity index (χ4n) is 3.97. The summed E-state index contributed by atoms with van der Waals surface area (Å²) in [6.45, 7) is 8.55. The first kappa shape index (κ1) is 25.7. The van der Waals surface area contributed by atoms with Crippen LogP contribution in [0.3, 0.4) is 0 Å². The number of hydrogen-bond acceptors (Lipinski definition) is 0. The van der Waals surface area contributed by atoms with E-state index in [0.29, 0.717) is 0 Å². The van der Waals surface area contributed by atoms with Crippen molar-refractivity contribution in [2.75, 3.05) is 0 Å². The van der Waals surface area contributed by atoms with E-state index in [1.807, 2.05) is 0 Å². The number of rotatable bonds is 22. The number of hydrogen-bond donors (Lipinski definition) is 0. The fourth-order valence-corrected chi connectivity index (χ4v) is 3.97. The van der Waals surface area contributed by atoms with Gasteiger partial charge in [0.15, 0.2) is 0 Å². The molecule has 0 N–H and O–H groups in total. The van der Waals surface area contributed by atoms with Crippen LogP contribution >= 0.6 is 0 Å². The third-order valence-electron chi connectivity index (χ3n) is 5.91. The van der Waals surface area contributed by atoms with Gasteiger partial charge in [-0.25, -0.2) is 0 Å². The Labute approximate surface area is 167 Å². The van der Waals surface area contributed by atoms with Crippen molar-refractivity contribution in [3.63, 3.8) is 0 Å². The van der Waals surface area contributed by atoms with Gasteiger partial charge < -0.3 is 0 Å². The molecular weight excluding hydrogens is 312 g/mol. The summed E-state index contributed by atoms with van der Waals surface area (Å²) in [5.41, 5.74) is 0. The van der Waals surface area contributed by atoms with Crippen molar-refractivity contribution in [1.82, 2.24) is 0 Å². The van der Waals surface area contributed by atoms with Crippen molar-refractivity contribution < 1.29 is 0 Å². The highest BCUT2D eigenvalue weighted by Crippen LogP contribution is 2.18. The minimum absolute atomic E-state index is 0.937. The van der Waals surface area contributed by atoms with Crippen molar-refractivity contribution in [1.29, 1.82) is 0 Å². The Kier molecular flexibility index (Phi) is 22.6. The first-order valence-corrected chi connectivity index (χ1v) is 12.4. The molecule has 0 heteroatoms. The van der Waals surface area contributed by atoms with Gasteiger partial charge in [0.25, 0.3) is 0 Å². The minimum atomic E-state index is 0.937. The van der Waals surface area contributed by atoms with Crippen molar-refractivity contribution in [3.05, 3.63) is 12.7 Å². The standard InChI is InChI=1S/C26H52/c1-4-6-8-10-11-12-13-14-15-16-17-18-19-20-21-23-25-26(3)24-22-9-7-5-2/h5,26H,2,4,6-25H2,1,3H3. The van der Waals surface area contributed by atoms with Gasteiger partial charge in [-0.15, -0.1) is 6.58 Å². The molecule has 0 spiro atoms. The van der Waals surface area contributed by atoms with E-state index in [2.05, 4.69) is 26.5 Å². The highest BCUT2D eigenvalue weighted by molar-refractivity contribution is 4.66. The highest BCUT2D eigenvalue weighted by atomic mass is 14.1. The lowest BCUT2D eigenvalue weighted by Crippen LogP contribution is -1.95. The summed E-state index contributed by atoms with van der Waals surface area (Å²) in [7, 11) is 0. The second kappa shape index (κ2) is 22.8. The van der Waals surface area contributed by atoms with Crippen molar-refractivity contribution in [3.8, 4) is 0 Å². The molecule has 0 saturated carbocycles. The van der Waals surface area contributed by atoms with Gasteiger partial charge in [-0.1, -0.05) is 142 Å². The predicted molar refractivity (Wildman–Crippen MR) is 122 cm³/mol. The Morgan fingerprint density at radius 2 is 0.885 bits per heavy atom. The van der Waals surface area contributed by atoms with Gasteiger partial charge in [0.05, 0.1) is 0 Å². The normalized spacial score (nSPS) is 12.4. The molecule has 1 unspecified atom stereocenters. The Bertz CT molecular complexity index is 255. The summed E-state index contributed by atoms with van der Waals surface area (Å²) < 4.78 is 0. The van der Waals surface area contributed by atoms with E-state index < -0.39 is 0 Å². The fraction of sp³-hybridized carbons (Fsp3) is 0.923. The molecule has 1 atom stereocenters. The van der Waals surface area contributed by atoms with E-state index >= 15 is 0 Å². The molecule has 26 heavy (non-hydrogen) atoms. The highest BCUT2D eigenvalue weighted by Gasteiger charge is 2.01. The molecule has 0 aromatic heterocycles. The van der Waals surface area contributed by atoms with E-state index in [4.69, 9.17) is 0 Å². The third kappa shape index (κ3) is 21.8. The summed E-state index contributed by atoms with van der Waals surface area (Å²) in [5.74, 6) is 0.937. The molecule has 0 aromatic carbocycles. The second-order valence-corrected chi connectivity index (χ2v) is 8.77. The van der Waals surface area contributed by atoms with Gasteiger partial charge in [0, 0.05) is 0 Å². The topological polar surface area (TPSA) is 0 Å². The monoisotopic (exact) mass is 364 g/mol. The second-order valence-electron chi connectivity index (χ2n) is 8.77. The smallest absolute Gasteiger partial charge is 0.0353 e. The number of unbranched alkanes of at least 4 members (excludes halogenated alkanes) is 17. The van der Waals surface area contributed by atoms with Crippen LogP contribution < -0.4 is 0 Å². The summed E-state index contributed by atoms with van der Waals surface area (Å²) in [6.07, 6.45) is 32.4. The van der Waals surface area contributed by atoms with E-state index in [1.54, 1.807) is 0 Å². The van der Waals surface area contributed by atoms with Gasteiger partial charge in [0.2, 0.25) is 0 Å². The minimum Gasteiger partial charge on any atom is -0.103 e. The molecule has 0 aromatic rings. The molecule has 0 aliphatic carbocycles. The summed E-state index contributed by atoms with van der Waals surface area (Å²) in [4.78, 5) is 0. The molecule has 0 aliphatic heterocycles. The lowest BCUT2D eigenvalue weighted by Gasteiger charge is -2.10. The third-order valence-corrected chi connectivity index (χ3v) is 5.91. The van der Waals surface area contributed by atoms with E-state index in [9.17, 15) is 0 Å². The van der Waals surface area contributed by atoms with Gasteiger partial charge in [-0.3, -0.25) is 0 Å². The Balaban J connectivity index is 3.07. The zero-order valence-corrected chi connectivity index (χ0v) is 18.7. The average Bonchev–Trinajstić information content (AvgIpc) is 2.65. The SMILES string of the molecule is C=CCCCCC(C)CCCCCCCCCCCCCCCCCC. The Morgan fingerprint density at radius 3 is 1.27 bits per heavy atom. The zero-order valence-electron chi connectivity index (χ0n) is 18.7. The maximum Gasteiger partial charge on any atom is -0.0353 e. The van der Waals surface area contributed by atoms with Crippen LogP contribution in [0.4, 0.5) is 0 Å². The quantitative estimate of drug-likeness (QED) is 0.132. The van der Waals surface area contributed by atoms with Crippen molar-refractivity contribution in [2.45, 2.75) is 149 Å². The van der Waals surface area contributed by atoms with Crippen LogP contribution in [0.15, 0.2) is 12.7 Å². The molecule has 0 fully saturated rings. The van der Waals surface area contributed by atoms with Gasteiger partial charge in [-0.05, 0) is 18.8 Å². The maximum atomic E-state index is 3.80. The van der Waals surface area contributed by atoms with Crippen LogP contribution in [0.1, 0.15) is 149 Å². The first-order valence-electron chi connectivity index (χ1n) is 12.4. The van der Waals surface area contributed by atoms with Crippen LogP contribution in [0.25, 0.3) is 0 Å². The lowest BCUT2D eigenvalue weighted by molar-refractivity contribution is 0.437. The van der Waals surface area contributed by atoms with Crippen LogP contribution in [0.5, 0.6) is 0 Å². The Morgan fingerprint density at radius 1 is 0.538 bits per heavy atom. The van der Waals surface area contributed by atoms with Crippen LogP contribution in [0, 0.1) is 5.92 Å². The summed E-state index contributed by atoms with van der Waals surface area (Å²) in [5, 5.41) is 0. The van der Waals surface area contributed by atoms with Gasteiger partial charge in [0.1, 0.15) is 0 Å². The molecule has 0 aliphatic rings. The molecule has 0 nitrogen and oxygen atoms in total. The van der Waals surface area contributed by atoms with Crippen LogP contribution in [-0.4, -0.2) is 0 Å². The molecule has 156 valence electrons. The molecule has 0 amide bonds. The molecular formula is C26H52. The summed E-state index contributed by atoms with van der Waals surface area (Å²) in [6, 6.07) is 0. The molecule has 0 bridgehead atoms. The Hall–Kier alpha value is -0.260. The van der Waals surface area contributed by atoms with Crippen molar-refractivity contribution >= 4 is 0 Å². The van der Waals surface area contributed by atoms with Crippen molar-refractivity contribution in [2.24, 2.45) is 5.92 Å². The van der Waals surface area contributed by atoms with E-state index in [0.717, 1.165) is 5.92 Å². The van der Waals surface area contributed by atoms with E-state index in [-0.39, 0.29) is 0 Å². The van der Waals surface area contributed by atoms with Gasteiger partial charge in [-0.2, -0.15) is 0 Å². The molecule has 0 rings (SSSR count). The molecule has 0 heterocycles. The molecule has 0 saturated heterocycles. The summed E-state index contributed by atoms with van der Waals surface area (Å²) >= 11 is 0. The maximum absolute atomic E-state index is 3.80. The molecule has 0 radical (unpaired) electrons. The van der Waals surface area contributed by atoms with Crippen LogP contribution in [-0.2, 0) is 0 Å².